The van der Waals surface area contributed by atoms with Crippen molar-refractivity contribution in [3.63, 3.8) is 0 Å². The summed E-state index contributed by atoms with van der Waals surface area (Å²) in [6.45, 7) is 7.88. The fourth-order valence-corrected chi connectivity index (χ4v) is 2.73. The number of amides is 1. The number of hydrogen-bond donors (Lipinski definition) is 1. The fraction of sp³-hybridized carbons (Fsp3) is 0.389. The molecule has 0 aliphatic rings. The van der Waals surface area contributed by atoms with Crippen LogP contribution in [0.5, 0.6) is 0 Å². The van der Waals surface area contributed by atoms with Crippen LogP contribution in [0.3, 0.4) is 0 Å². The molecule has 1 heterocycles. The van der Waals surface area contributed by atoms with Crippen LogP contribution in [0.2, 0.25) is 0 Å². The molecular weight excluding hydrogens is 320 g/mol. The number of rotatable bonds is 5. The molecule has 1 amide bonds. The topological polar surface area (TPSA) is 76.3 Å². The minimum atomic E-state index is -0.613. The SMILES string of the molecule is CCN(CC)c1ccc(NC(=O)c2cn(C)c(=O)n(C)c2=O)c(C)c1. The molecule has 2 aromatic rings. The molecule has 0 fully saturated rings. The highest BCUT2D eigenvalue weighted by Gasteiger charge is 2.16. The van der Waals surface area contributed by atoms with Crippen LogP contribution in [0, 0.1) is 6.92 Å². The van der Waals surface area contributed by atoms with Crippen LogP contribution in [-0.4, -0.2) is 28.1 Å². The summed E-state index contributed by atoms with van der Waals surface area (Å²) in [5, 5.41) is 2.76. The summed E-state index contributed by atoms with van der Waals surface area (Å²) in [5.74, 6) is -0.533. The van der Waals surface area contributed by atoms with E-state index in [1.165, 1.54) is 24.9 Å². The Labute approximate surface area is 146 Å². The van der Waals surface area contributed by atoms with Crippen LogP contribution in [-0.2, 0) is 14.1 Å². The molecule has 7 heteroatoms. The van der Waals surface area contributed by atoms with Gasteiger partial charge in [-0.25, -0.2) is 4.79 Å². The number of nitrogens with one attached hydrogen (secondary N) is 1. The summed E-state index contributed by atoms with van der Waals surface area (Å²) in [5.41, 5.74) is 1.46. The molecule has 0 radical (unpaired) electrons. The Morgan fingerprint density at radius 1 is 1.16 bits per heavy atom. The second-order valence-corrected chi connectivity index (χ2v) is 5.93. The van der Waals surface area contributed by atoms with Gasteiger partial charge in [0.25, 0.3) is 11.5 Å². The van der Waals surface area contributed by atoms with E-state index in [2.05, 4.69) is 24.1 Å². The Hall–Kier alpha value is -2.83. The van der Waals surface area contributed by atoms with Crippen molar-refractivity contribution in [3.05, 3.63) is 56.4 Å². The molecule has 1 N–H and O–H groups in total. The van der Waals surface area contributed by atoms with E-state index >= 15 is 0 Å². The van der Waals surface area contributed by atoms with Gasteiger partial charge >= 0.3 is 5.69 Å². The Morgan fingerprint density at radius 2 is 1.80 bits per heavy atom. The van der Waals surface area contributed by atoms with Crippen LogP contribution in [0.1, 0.15) is 29.8 Å². The Bertz CT molecular complexity index is 908. The highest BCUT2D eigenvalue weighted by atomic mass is 16.2. The molecule has 0 atom stereocenters. The molecule has 0 aliphatic carbocycles. The van der Waals surface area contributed by atoms with Crippen LogP contribution in [0.15, 0.2) is 34.0 Å². The van der Waals surface area contributed by atoms with E-state index in [0.29, 0.717) is 5.69 Å². The van der Waals surface area contributed by atoms with Crippen LogP contribution in [0.4, 0.5) is 11.4 Å². The van der Waals surface area contributed by atoms with Gasteiger partial charge in [0.1, 0.15) is 5.56 Å². The minimum Gasteiger partial charge on any atom is -0.372 e. The largest absolute Gasteiger partial charge is 0.372 e. The van der Waals surface area contributed by atoms with Crippen molar-refractivity contribution in [2.45, 2.75) is 20.8 Å². The molecule has 0 bridgehead atoms. The first-order valence-electron chi connectivity index (χ1n) is 8.23. The molecule has 0 spiro atoms. The quantitative estimate of drug-likeness (QED) is 0.892. The van der Waals surface area contributed by atoms with Crippen molar-refractivity contribution in [2.24, 2.45) is 14.1 Å². The molecule has 1 aromatic carbocycles. The first kappa shape index (κ1) is 18.5. The predicted octanol–water partition coefficient (Wildman–Crippen LogP) is 1.49. The zero-order valence-electron chi connectivity index (χ0n) is 15.3. The van der Waals surface area contributed by atoms with Crippen LogP contribution in [0.25, 0.3) is 0 Å². The lowest BCUT2D eigenvalue weighted by atomic mass is 10.1. The molecule has 0 saturated heterocycles. The number of anilines is 2. The minimum absolute atomic E-state index is 0.0724. The summed E-state index contributed by atoms with van der Waals surface area (Å²) in [4.78, 5) is 38.6. The lowest BCUT2D eigenvalue weighted by Crippen LogP contribution is -2.40. The average Bonchev–Trinajstić information content (AvgIpc) is 2.59. The van der Waals surface area contributed by atoms with Gasteiger partial charge in [0, 0.05) is 44.8 Å². The molecule has 0 unspecified atom stereocenters. The molecule has 7 nitrogen and oxygen atoms in total. The zero-order chi connectivity index (χ0) is 18.7. The Balaban J connectivity index is 2.33. The summed E-state index contributed by atoms with van der Waals surface area (Å²) in [7, 11) is 2.86. The monoisotopic (exact) mass is 344 g/mol. The van der Waals surface area contributed by atoms with Crippen molar-refractivity contribution in [3.8, 4) is 0 Å². The number of benzene rings is 1. The Kier molecular flexibility index (Phi) is 5.46. The van der Waals surface area contributed by atoms with Crippen molar-refractivity contribution in [1.82, 2.24) is 9.13 Å². The summed E-state index contributed by atoms with van der Waals surface area (Å²) in [6, 6.07) is 5.77. The van der Waals surface area contributed by atoms with E-state index in [9.17, 15) is 14.4 Å². The number of hydrogen-bond acceptors (Lipinski definition) is 4. The van der Waals surface area contributed by atoms with Gasteiger partial charge in [-0.3, -0.25) is 14.2 Å². The summed E-state index contributed by atoms with van der Waals surface area (Å²) in [6.07, 6.45) is 1.26. The lowest BCUT2D eigenvalue weighted by Gasteiger charge is -2.22. The van der Waals surface area contributed by atoms with Gasteiger partial charge in [0.15, 0.2) is 0 Å². The zero-order valence-corrected chi connectivity index (χ0v) is 15.3. The average molecular weight is 344 g/mol. The van der Waals surface area contributed by atoms with Gasteiger partial charge < -0.3 is 14.8 Å². The third kappa shape index (κ3) is 3.65. The van der Waals surface area contributed by atoms with E-state index in [-0.39, 0.29) is 5.56 Å². The molecule has 1 aromatic heterocycles. The van der Waals surface area contributed by atoms with Crippen LogP contribution < -0.4 is 21.5 Å². The fourth-order valence-electron chi connectivity index (χ4n) is 2.73. The number of carbonyl (C=O) groups is 1. The Morgan fingerprint density at radius 3 is 2.36 bits per heavy atom. The molecule has 25 heavy (non-hydrogen) atoms. The standard InChI is InChI=1S/C18H24N4O3/c1-6-22(7-2)13-8-9-15(12(3)10-13)19-16(23)14-11-20(4)18(25)21(5)17(14)24/h8-11H,6-7H2,1-5H3,(H,19,23). The molecular formula is C18H24N4O3. The van der Waals surface area contributed by atoms with Gasteiger partial charge in [-0.15, -0.1) is 0 Å². The number of aryl methyl sites for hydroxylation is 2. The van der Waals surface area contributed by atoms with E-state index in [1.807, 2.05) is 25.1 Å². The van der Waals surface area contributed by atoms with Crippen molar-refractivity contribution in [1.29, 1.82) is 0 Å². The van der Waals surface area contributed by atoms with Crippen molar-refractivity contribution >= 4 is 17.3 Å². The second kappa shape index (κ2) is 7.38. The normalized spacial score (nSPS) is 10.6. The van der Waals surface area contributed by atoms with Crippen LogP contribution >= 0.6 is 0 Å². The second-order valence-electron chi connectivity index (χ2n) is 5.93. The maximum atomic E-state index is 12.5. The maximum absolute atomic E-state index is 12.5. The first-order valence-corrected chi connectivity index (χ1v) is 8.23. The van der Waals surface area contributed by atoms with E-state index < -0.39 is 17.2 Å². The van der Waals surface area contributed by atoms with Crippen molar-refractivity contribution in [2.75, 3.05) is 23.3 Å². The van der Waals surface area contributed by atoms with Gasteiger partial charge in [-0.1, -0.05) is 0 Å². The van der Waals surface area contributed by atoms with Gasteiger partial charge in [0.05, 0.1) is 0 Å². The number of carbonyl (C=O) groups excluding carboxylic acids is 1. The third-order valence-corrected chi connectivity index (χ3v) is 4.28. The first-order chi connectivity index (χ1) is 11.8. The molecule has 134 valence electrons. The maximum Gasteiger partial charge on any atom is 0.330 e. The van der Waals surface area contributed by atoms with Gasteiger partial charge in [-0.05, 0) is 44.5 Å². The summed E-state index contributed by atoms with van der Waals surface area (Å²) >= 11 is 0. The predicted molar refractivity (Wildman–Crippen MR) is 99.6 cm³/mol. The molecule has 2 rings (SSSR count). The molecule has 0 saturated carbocycles. The van der Waals surface area contributed by atoms with E-state index in [0.717, 1.165) is 28.9 Å². The number of nitrogens with zero attached hydrogens (tertiary/aromatic N) is 3. The van der Waals surface area contributed by atoms with E-state index in [4.69, 9.17) is 0 Å². The van der Waals surface area contributed by atoms with Crippen molar-refractivity contribution < 1.29 is 4.79 Å². The highest BCUT2D eigenvalue weighted by molar-refractivity contribution is 6.04. The smallest absolute Gasteiger partial charge is 0.330 e. The summed E-state index contributed by atoms with van der Waals surface area (Å²) < 4.78 is 2.14. The van der Waals surface area contributed by atoms with Gasteiger partial charge in [0.2, 0.25) is 0 Å². The highest BCUT2D eigenvalue weighted by Crippen LogP contribution is 2.22. The number of aromatic nitrogens is 2. The third-order valence-electron chi connectivity index (χ3n) is 4.28. The van der Waals surface area contributed by atoms with Gasteiger partial charge in [-0.2, -0.15) is 0 Å². The lowest BCUT2D eigenvalue weighted by molar-refractivity contribution is 0.102. The molecule has 0 aliphatic heterocycles. The van der Waals surface area contributed by atoms with E-state index in [1.54, 1.807) is 0 Å².